The van der Waals surface area contributed by atoms with Gasteiger partial charge in [-0.3, -0.25) is 9.36 Å². The van der Waals surface area contributed by atoms with Crippen molar-refractivity contribution in [2.24, 2.45) is 0 Å². The van der Waals surface area contributed by atoms with Gasteiger partial charge >= 0.3 is 11.7 Å². The van der Waals surface area contributed by atoms with E-state index >= 15 is 0 Å². The molecule has 0 spiro atoms. The number of amides is 1. The minimum absolute atomic E-state index is 0.0509. The first-order chi connectivity index (χ1) is 15.5. The van der Waals surface area contributed by atoms with Crippen molar-refractivity contribution < 1.29 is 18.7 Å². The number of carbonyl (C=O) groups is 2. The minimum atomic E-state index is -0.401. The number of aromatic amines is 1. The van der Waals surface area contributed by atoms with Gasteiger partial charge in [0.05, 0.1) is 18.2 Å². The molecule has 0 bridgehead atoms. The summed E-state index contributed by atoms with van der Waals surface area (Å²) < 4.78 is 11.7. The first-order valence-corrected chi connectivity index (χ1v) is 10.6. The van der Waals surface area contributed by atoms with Crippen molar-refractivity contribution in [1.82, 2.24) is 14.5 Å². The van der Waals surface area contributed by atoms with Gasteiger partial charge in [0, 0.05) is 54.6 Å². The molecule has 0 unspecified atom stereocenters. The number of carbonyl (C=O) groups excluding carboxylic acids is 2. The largest absolute Gasteiger partial charge is 0.465 e. The lowest BCUT2D eigenvalue weighted by molar-refractivity contribution is -0.132. The van der Waals surface area contributed by atoms with Gasteiger partial charge in [0.2, 0.25) is 5.91 Å². The van der Waals surface area contributed by atoms with Gasteiger partial charge in [0.25, 0.3) is 0 Å². The molecule has 2 aromatic heterocycles. The maximum Gasteiger partial charge on any atom is 0.419 e. The van der Waals surface area contributed by atoms with Crippen molar-refractivity contribution in [3.05, 3.63) is 69.8 Å². The van der Waals surface area contributed by atoms with Crippen LogP contribution in [0.5, 0.6) is 0 Å². The predicted molar refractivity (Wildman–Crippen MR) is 118 cm³/mol. The Balaban J connectivity index is 1.28. The van der Waals surface area contributed by atoms with E-state index < -0.39 is 5.76 Å². The van der Waals surface area contributed by atoms with E-state index in [1.54, 1.807) is 16.7 Å². The molecule has 164 valence electrons. The van der Waals surface area contributed by atoms with E-state index in [-0.39, 0.29) is 11.9 Å². The van der Waals surface area contributed by atoms with Crippen molar-refractivity contribution in [1.29, 1.82) is 0 Å². The first-order valence-electron chi connectivity index (χ1n) is 10.6. The fourth-order valence-corrected chi connectivity index (χ4v) is 4.44. The summed E-state index contributed by atoms with van der Waals surface area (Å²) >= 11 is 0. The molecule has 8 nitrogen and oxygen atoms in total. The van der Waals surface area contributed by atoms with Crippen LogP contribution in [-0.4, -0.2) is 40.0 Å². The van der Waals surface area contributed by atoms with Gasteiger partial charge in [-0.1, -0.05) is 12.1 Å². The zero-order valence-corrected chi connectivity index (χ0v) is 17.7. The Morgan fingerprint density at radius 1 is 1.19 bits per heavy atom. The van der Waals surface area contributed by atoms with E-state index in [1.165, 1.54) is 7.11 Å². The second-order valence-corrected chi connectivity index (χ2v) is 7.99. The fraction of sp³-hybridized carbons (Fsp3) is 0.292. The van der Waals surface area contributed by atoms with Gasteiger partial charge < -0.3 is 19.0 Å². The van der Waals surface area contributed by atoms with Crippen molar-refractivity contribution in [2.75, 3.05) is 13.7 Å². The normalized spacial score (nSPS) is 13.5. The first kappa shape index (κ1) is 20.1. The number of ether oxygens (including phenoxy) is 1. The zero-order chi connectivity index (χ0) is 22.2. The number of para-hydroxylation sites is 2. The van der Waals surface area contributed by atoms with Crippen LogP contribution in [-0.2, 0) is 29.0 Å². The van der Waals surface area contributed by atoms with Gasteiger partial charge in [-0.15, -0.1) is 0 Å². The predicted octanol–water partition coefficient (Wildman–Crippen LogP) is 3.23. The second-order valence-electron chi connectivity index (χ2n) is 7.99. The van der Waals surface area contributed by atoms with Crippen LogP contribution in [0.4, 0.5) is 0 Å². The summed E-state index contributed by atoms with van der Waals surface area (Å²) in [7, 11) is 1.36. The van der Waals surface area contributed by atoms with Crippen LogP contribution in [0, 0.1) is 0 Å². The van der Waals surface area contributed by atoms with Gasteiger partial charge in [0.15, 0.2) is 5.58 Å². The summed E-state index contributed by atoms with van der Waals surface area (Å²) in [5.74, 6) is -0.732. The Labute approximate surface area is 183 Å². The monoisotopic (exact) mass is 433 g/mol. The maximum atomic E-state index is 12.9. The molecule has 0 atom stereocenters. The zero-order valence-electron chi connectivity index (χ0n) is 17.7. The highest BCUT2D eigenvalue weighted by Gasteiger charge is 2.24. The number of benzene rings is 2. The Morgan fingerprint density at radius 2 is 2.03 bits per heavy atom. The number of methoxy groups -OCH3 is 1. The highest BCUT2D eigenvalue weighted by molar-refractivity contribution is 5.96. The third kappa shape index (κ3) is 3.47. The molecular formula is C24H23N3O5. The van der Waals surface area contributed by atoms with E-state index in [4.69, 9.17) is 9.15 Å². The quantitative estimate of drug-likeness (QED) is 0.488. The number of nitrogens with one attached hydrogen (secondary N) is 1. The summed E-state index contributed by atoms with van der Waals surface area (Å²) in [5.41, 5.74) is 4.88. The van der Waals surface area contributed by atoms with Crippen LogP contribution in [0.1, 0.15) is 34.5 Å². The summed E-state index contributed by atoms with van der Waals surface area (Å²) in [6.45, 7) is 1.56. The van der Waals surface area contributed by atoms with Gasteiger partial charge in [-0.25, -0.2) is 9.59 Å². The summed E-state index contributed by atoms with van der Waals surface area (Å²) in [6.07, 6.45) is 1.62. The molecule has 1 aliphatic heterocycles. The van der Waals surface area contributed by atoms with Crippen molar-refractivity contribution in [2.45, 2.75) is 32.4 Å². The number of oxazole rings is 1. The number of hydrogen-bond donors (Lipinski definition) is 1. The number of rotatable bonds is 5. The molecule has 0 saturated heterocycles. The molecule has 5 rings (SSSR count). The summed E-state index contributed by atoms with van der Waals surface area (Å²) in [4.78, 5) is 42.2. The molecule has 0 saturated carbocycles. The lowest BCUT2D eigenvalue weighted by atomic mass is 10.0. The average Bonchev–Trinajstić information content (AvgIpc) is 3.34. The molecule has 1 amide bonds. The van der Waals surface area contributed by atoms with Gasteiger partial charge in [-0.05, 0) is 36.8 Å². The molecule has 32 heavy (non-hydrogen) atoms. The third-order valence-electron chi connectivity index (χ3n) is 6.10. The molecule has 0 aliphatic carbocycles. The van der Waals surface area contributed by atoms with E-state index in [1.807, 2.05) is 35.2 Å². The highest BCUT2D eigenvalue weighted by Crippen LogP contribution is 2.29. The molecule has 3 heterocycles. The molecule has 0 radical (unpaired) electrons. The molecule has 0 fully saturated rings. The highest BCUT2D eigenvalue weighted by atomic mass is 16.5. The Morgan fingerprint density at radius 3 is 2.88 bits per heavy atom. The Kier molecular flexibility index (Phi) is 5.05. The number of esters is 1. The lowest BCUT2D eigenvalue weighted by Crippen LogP contribution is -2.35. The standard InChI is InChI=1S/C24H23N3O5/c1-31-23(29)15-8-9-18-16(13-15)17-14-26(12-10-19(17)25-18)22(28)7-4-11-27-20-5-2-3-6-21(20)32-24(27)30/h2-3,5-6,8-9,13,25H,4,7,10-12,14H2,1H3. The van der Waals surface area contributed by atoms with E-state index in [0.29, 0.717) is 43.6 Å². The van der Waals surface area contributed by atoms with Gasteiger partial charge in [0.1, 0.15) is 0 Å². The Bertz CT molecular complexity index is 1390. The minimum Gasteiger partial charge on any atom is -0.465 e. The number of aryl methyl sites for hydroxylation is 1. The smallest absolute Gasteiger partial charge is 0.419 e. The lowest BCUT2D eigenvalue weighted by Gasteiger charge is -2.27. The van der Waals surface area contributed by atoms with E-state index in [9.17, 15) is 14.4 Å². The van der Waals surface area contributed by atoms with Crippen molar-refractivity contribution in [3.63, 3.8) is 0 Å². The number of fused-ring (bicyclic) bond motifs is 4. The summed E-state index contributed by atoms with van der Waals surface area (Å²) in [5, 5.41) is 0.941. The number of hydrogen-bond acceptors (Lipinski definition) is 5. The van der Waals surface area contributed by atoms with Crippen LogP contribution in [0.15, 0.2) is 51.7 Å². The third-order valence-corrected chi connectivity index (χ3v) is 6.10. The SMILES string of the molecule is COC(=O)c1ccc2[nH]c3c(c2c1)CN(C(=O)CCCn1c(=O)oc2ccccc21)CC3. The Hall–Kier alpha value is -3.81. The van der Waals surface area contributed by atoms with Gasteiger partial charge in [-0.2, -0.15) is 0 Å². The van der Waals surface area contributed by atoms with E-state index in [0.717, 1.165) is 34.1 Å². The van der Waals surface area contributed by atoms with Crippen LogP contribution < -0.4 is 5.76 Å². The maximum absolute atomic E-state index is 12.9. The topological polar surface area (TPSA) is 97.5 Å². The number of H-pyrrole nitrogens is 1. The number of aromatic nitrogens is 2. The fourth-order valence-electron chi connectivity index (χ4n) is 4.44. The molecule has 2 aromatic carbocycles. The molecule has 8 heteroatoms. The number of nitrogens with zero attached hydrogens (tertiary/aromatic N) is 2. The van der Waals surface area contributed by atoms with Crippen molar-refractivity contribution in [3.8, 4) is 0 Å². The van der Waals surface area contributed by atoms with Crippen LogP contribution in [0.3, 0.4) is 0 Å². The van der Waals surface area contributed by atoms with Crippen LogP contribution >= 0.6 is 0 Å². The second kappa shape index (κ2) is 8.03. The van der Waals surface area contributed by atoms with E-state index in [2.05, 4.69) is 4.98 Å². The van der Waals surface area contributed by atoms with Crippen LogP contribution in [0.25, 0.3) is 22.0 Å². The molecular weight excluding hydrogens is 410 g/mol. The van der Waals surface area contributed by atoms with Crippen molar-refractivity contribution >= 4 is 33.9 Å². The summed E-state index contributed by atoms with van der Waals surface area (Å²) in [6, 6.07) is 12.7. The van der Waals surface area contributed by atoms with Crippen LogP contribution in [0.2, 0.25) is 0 Å². The molecule has 1 N–H and O–H groups in total. The molecule has 1 aliphatic rings. The average molecular weight is 433 g/mol. The molecule has 4 aromatic rings.